The number of hydrogen-bond acceptors (Lipinski definition) is 7. The van der Waals surface area contributed by atoms with Crippen molar-refractivity contribution in [3.63, 3.8) is 0 Å². The molecule has 0 bridgehead atoms. The highest BCUT2D eigenvalue weighted by atomic mass is 16.4. The lowest BCUT2D eigenvalue weighted by atomic mass is 10.0. The molecule has 7 nitrogen and oxygen atoms in total. The Hall–Kier alpha value is -8.03. The Kier molecular flexibility index (Phi) is 7.09. The predicted octanol–water partition coefficient (Wildman–Crippen LogP) is 14.0. The van der Waals surface area contributed by atoms with Gasteiger partial charge in [-0.25, -0.2) is 9.97 Å². The van der Waals surface area contributed by atoms with Crippen LogP contribution in [0.3, 0.4) is 0 Å². The number of anilines is 3. The van der Waals surface area contributed by atoms with E-state index in [0.717, 1.165) is 105 Å². The highest BCUT2D eigenvalue weighted by Crippen LogP contribution is 2.41. The van der Waals surface area contributed by atoms with E-state index in [-0.39, 0.29) is 0 Å². The van der Waals surface area contributed by atoms with Gasteiger partial charge >= 0.3 is 0 Å². The summed E-state index contributed by atoms with van der Waals surface area (Å²) in [5, 5.41) is 6.54. The van der Waals surface area contributed by atoms with Gasteiger partial charge in [-0.15, -0.1) is 0 Å². The molecule has 0 spiro atoms. The normalized spacial score (nSPS) is 11.8. The number of benzene rings is 8. The highest BCUT2D eigenvalue weighted by molar-refractivity contribution is 6.12. The van der Waals surface area contributed by atoms with E-state index in [2.05, 4.69) is 113 Å². The molecule has 8 aromatic carbocycles. The lowest BCUT2D eigenvalue weighted by Crippen LogP contribution is -2.10. The van der Waals surface area contributed by atoms with Crippen molar-refractivity contribution in [3.05, 3.63) is 182 Å². The maximum absolute atomic E-state index is 6.17. The van der Waals surface area contributed by atoms with Crippen LogP contribution in [0.25, 0.3) is 99.7 Å². The monoisotopic (exact) mass is 746 g/mol. The number of furan rings is 1. The summed E-state index contributed by atoms with van der Waals surface area (Å²) in [6.07, 6.45) is 3.72. The van der Waals surface area contributed by atoms with Crippen LogP contribution in [0, 0.1) is 0 Å². The maximum atomic E-state index is 6.17. The maximum Gasteiger partial charge on any atom is 0.227 e. The molecule has 12 rings (SSSR count). The molecule has 58 heavy (non-hydrogen) atoms. The third kappa shape index (κ3) is 5.33. The van der Waals surface area contributed by atoms with Crippen molar-refractivity contribution >= 4 is 82.7 Å². The Labute approximate surface area is 331 Å². The van der Waals surface area contributed by atoms with Crippen molar-refractivity contribution < 1.29 is 13.3 Å². The average Bonchev–Trinajstić information content (AvgIpc) is 4.02. The van der Waals surface area contributed by atoms with Crippen molar-refractivity contribution in [2.45, 2.75) is 0 Å². The Morgan fingerprint density at radius 2 is 0.879 bits per heavy atom. The third-order valence-corrected chi connectivity index (χ3v) is 11.0. The van der Waals surface area contributed by atoms with Gasteiger partial charge in [-0.3, -0.25) is 4.98 Å². The van der Waals surface area contributed by atoms with Gasteiger partial charge in [0.05, 0.1) is 6.20 Å². The summed E-state index contributed by atoms with van der Waals surface area (Å²) in [6.45, 7) is 0. The first-order valence-corrected chi connectivity index (χ1v) is 19.1. The van der Waals surface area contributed by atoms with Crippen molar-refractivity contribution in [3.8, 4) is 34.0 Å². The van der Waals surface area contributed by atoms with Gasteiger partial charge in [0.1, 0.15) is 16.6 Å². The van der Waals surface area contributed by atoms with Crippen LogP contribution in [0.5, 0.6) is 0 Å². The lowest BCUT2D eigenvalue weighted by molar-refractivity contribution is 0.619. The molecule has 0 unspecified atom stereocenters. The van der Waals surface area contributed by atoms with E-state index in [1.165, 1.54) is 0 Å². The summed E-state index contributed by atoms with van der Waals surface area (Å²) >= 11 is 0. The number of pyridine rings is 1. The number of rotatable bonds is 6. The molecule has 0 saturated heterocycles. The predicted molar refractivity (Wildman–Crippen MR) is 233 cm³/mol. The van der Waals surface area contributed by atoms with E-state index < -0.39 is 0 Å². The van der Waals surface area contributed by atoms with Crippen molar-refractivity contribution in [1.29, 1.82) is 0 Å². The van der Waals surface area contributed by atoms with Gasteiger partial charge in [0.15, 0.2) is 16.7 Å². The fourth-order valence-corrected chi connectivity index (χ4v) is 8.14. The zero-order valence-corrected chi connectivity index (χ0v) is 30.8. The zero-order valence-electron chi connectivity index (χ0n) is 30.8. The molecule has 0 amide bonds. The van der Waals surface area contributed by atoms with Crippen LogP contribution in [-0.4, -0.2) is 15.0 Å². The molecule has 4 heterocycles. The summed E-state index contributed by atoms with van der Waals surface area (Å²) in [6, 6.07) is 58.4. The van der Waals surface area contributed by atoms with E-state index >= 15 is 0 Å². The Bertz CT molecular complexity index is 3320. The molecule has 0 aliphatic rings. The first-order valence-electron chi connectivity index (χ1n) is 19.1. The smallest absolute Gasteiger partial charge is 0.227 e. The van der Waals surface area contributed by atoms with Crippen molar-refractivity contribution in [1.82, 2.24) is 15.0 Å². The minimum atomic E-state index is 0.610. The zero-order chi connectivity index (χ0) is 38.2. The largest absolute Gasteiger partial charge is 0.454 e. The molecule has 4 aromatic heterocycles. The van der Waals surface area contributed by atoms with Crippen molar-refractivity contribution in [2.75, 3.05) is 4.90 Å². The van der Waals surface area contributed by atoms with Gasteiger partial charge < -0.3 is 18.2 Å². The molecule has 0 atom stereocenters. The topological polar surface area (TPSA) is 81.3 Å². The number of aromatic nitrogens is 3. The molecule has 7 heteroatoms. The van der Waals surface area contributed by atoms with Gasteiger partial charge in [0.25, 0.3) is 0 Å². The third-order valence-electron chi connectivity index (χ3n) is 11.0. The van der Waals surface area contributed by atoms with Gasteiger partial charge in [-0.2, -0.15) is 0 Å². The lowest BCUT2D eigenvalue weighted by Gasteiger charge is -2.26. The summed E-state index contributed by atoms with van der Waals surface area (Å²) in [7, 11) is 0. The van der Waals surface area contributed by atoms with Crippen molar-refractivity contribution in [2.24, 2.45) is 0 Å². The second-order valence-electron chi connectivity index (χ2n) is 14.5. The number of oxazole rings is 2. The molecule has 0 radical (unpaired) electrons. The SMILES string of the molecule is c1ccc2oc(-c3ccc4cc(N(c5ccc(-c6cncc7oc8ccccc8c67)cc5)c5ccc6cc(-c7nc8ccccc8o7)ccc6c5)ccc4c3)nc2c1. The molecule has 272 valence electrons. The van der Waals surface area contributed by atoms with Crippen LogP contribution in [-0.2, 0) is 0 Å². The van der Waals surface area contributed by atoms with Gasteiger partial charge in [-0.05, 0) is 118 Å². The second-order valence-corrected chi connectivity index (χ2v) is 14.5. The number of nitrogens with zero attached hydrogens (tertiary/aromatic N) is 4. The van der Waals surface area contributed by atoms with E-state index in [1.54, 1.807) is 6.20 Å². The minimum Gasteiger partial charge on any atom is -0.454 e. The van der Waals surface area contributed by atoms with E-state index in [0.29, 0.717) is 11.8 Å². The molecule has 12 aromatic rings. The molecule has 0 aliphatic carbocycles. The van der Waals surface area contributed by atoms with Gasteiger partial charge in [0.2, 0.25) is 11.8 Å². The summed E-state index contributed by atoms with van der Waals surface area (Å²) < 4.78 is 18.4. The molecule has 0 N–H and O–H groups in total. The van der Waals surface area contributed by atoms with E-state index in [4.69, 9.17) is 23.2 Å². The molecule has 0 aliphatic heterocycles. The Balaban J connectivity index is 0.960. The van der Waals surface area contributed by atoms with Crippen LogP contribution < -0.4 is 4.90 Å². The number of hydrogen-bond donors (Lipinski definition) is 0. The quantitative estimate of drug-likeness (QED) is 0.168. The second kappa shape index (κ2) is 12.8. The van der Waals surface area contributed by atoms with E-state index in [9.17, 15) is 0 Å². The molecule has 0 saturated carbocycles. The number of fused-ring (bicyclic) bond motifs is 7. The van der Waals surface area contributed by atoms with Crippen LogP contribution in [0.15, 0.2) is 196 Å². The van der Waals surface area contributed by atoms with E-state index in [1.807, 2.05) is 72.9 Å². The van der Waals surface area contributed by atoms with Crippen LogP contribution >= 0.6 is 0 Å². The van der Waals surface area contributed by atoms with Crippen LogP contribution in [0.4, 0.5) is 17.1 Å². The first-order chi connectivity index (χ1) is 28.7. The van der Waals surface area contributed by atoms with Gasteiger partial charge in [-0.1, -0.05) is 78.9 Å². The number of para-hydroxylation sites is 5. The fraction of sp³-hybridized carbons (Fsp3) is 0. The summed E-state index contributed by atoms with van der Waals surface area (Å²) in [4.78, 5) is 16.3. The minimum absolute atomic E-state index is 0.610. The standard InChI is InChI=1S/C51H30N4O3/c1-4-10-45-41(7-1)49-42(29-52-30-48(49)56-45)31-17-21-38(22-18-31)55(39-23-19-32-25-36(15-13-34(32)27-39)50-53-43-8-2-5-11-46(43)57-50)40-24-20-33-26-37(16-14-35(33)28-40)51-54-44-9-3-6-12-47(44)58-51/h1-30H. The fourth-order valence-electron chi connectivity index (χ4n) is 8.14. The first kappa shape index (κ1) is 32.2. The summed E-state index contributed by atoms with van der Waals surface area (Å²) in [5.41, 5.74) is 11.9. The average molecular weight is 747 g/mol. The molecular formula is C51H30N4O3. The Morgan fingerprint density at radius 1 is 0.379 bits per heavy atom. The van der Waals surface area contributed by atoms with Crippen LogP contribution in [0.2, 0.25) is 0 Å². The van der Waals surface area contributed by atoms with Crippen LogP contribution in [0.1, 0.15) is 0 Å². The molecule has 0 fully saturated rings. The highest BCUT2D eigenvalue weighted by Gasteiger charge is 2.18. The van der Waals surface area contributed by atoms with Gasteiger partial charge in [0, 0.05) is 50.7 Å². The summed E-state index contributed by atoms with van der Waals surface area (Å²) in [5.74, 6) is 1.22. The Morgan fingerprint density at radius 3 is 1.48 bits per heavy atom. The molecular weight excluding hydrogens is 717 g/mol.